The summed E-state index contributed by atoms with van der Waals surface area (Å²) < 4.78 is 7.88. The Morgan fingerprint density at radius 1 is 1.20 bits per heavy atom. The van der Waals surface area contributed by atoms with Crippen LogP contribution in [0.5, 0.6) is 0 Å². The lowest BCUT2D eigenvalue weighted by Gasteiger charge is -2.31. The molecule has 0 N–H and O–H groups in total. The highest BCUT2D eigenvalue weighted by molar-refractivity contribution is 5.86. The number of carbonyl (C=O) groups excluding carboxylic acids is 1. The molecule has 0 aliphatic carbocycles. The number of rotatable bonds is 4. The van der Waals surface area contributed by atoms with Crippen LogP contribution in [0, 0.1) is 0 Å². The van der Waals surface area contributed by atoms with Crippen LogP contribution in [0.3, 0.4) is 0 Å². The lowest BCUT2D eigenvalue weighted by Crippen LogP contribution is -2.45. The average Bonchev–Trinajstić information content (AvgIpc) is 3.30. The van der Waals surface area contributed by atoms with Crippen molar-refractivity contribution in [3.63, 3.8) is 0 Å². The number of fused-ring (bicyclic) bond motifs is 1. The van der Waals surface area contributed by atoms with Crippen LogP contribution in [0.15, 0.2) is 54.7 Å². The van der Waals surface area contributed by atoms with E-state index in [1.165, 1.54) is 0 Å². The van der Waals surface area contributed by atoms with Gasteiger partial charge in [0, 0.05) is 19.9 Å². The standard InChI is InChI=1S/C19H20N4O2/c1-22(14-17-21-20-16-10-5-6-12-23(16)17)18(24)19(11-7-13-25-19)15-8-3-2-4-9-15/h2-6,8-10,12H,7,11,13-14H2,1H3. The van der Waals surface area contributed by atoms with Gasteiger partial charge in [0.2, 0.25) is 0 Å². The monoisotopic (exact) mass is 336 g/mol. The molecular formula is C19H20N4O2. The molecule has 3 aromatic rings. The lowest BCUT2D eigenvalue weighted by atomic mass is 9.89. The molecule has 1 atom stereocenters. The minimum atomic E-state index is -0.892. The largest absolute Gasteiger partial charge is 0.360 e. The highest BCUT2D eigenvalue weighted by Gasteiger charge is 2.46. The molecule has 1 aromatic carbocycles. The van der Waals surface area contributed by atoms with Crippen LogP contribution in [0.1, 0.15) is 24.2 Å². The molecule has 4 rings (SSSR count). The molecule has 0 spiro atoms. The molecule has 1 saturated heterocycles. The van der Waals surface area contributed by atoms with Gasteiger partial charge in [-0.25, -0.2) is 0 Å². The summed E-state index contributed by atoms with van der Waals surface area (Å²) in [7, 11) is 1.79. The molecule has 0 saturated carbocycles. The zero-order chi connectivity index (χ0) is 17.3. The van der Waals surface area contributed by atoms with Crippen molar-refractivity contribution in [2.75, 3.05) is 13.7 Å². The van der Waals surface area contributed by atoms with Crippen molar-refractivity contribution in [2.24, 2.45) is 0 Å². The van der Waals surface area contributed by atoms with Crippen molar-refractivity contribution in [1.82, 2.24) is 19.5 Å². The maximum atomic E-state index is 13.3. The third-order valence-electron chi connectivity index (χ3n) is 4.72. The van der Waals surface area contributed by atoms with Crippen LogP contribution >= 0.6 is 0 Å². The number of likely N-dealkylation sites (N-methyl/N-ethyl adjacent to an activating group) is 1. The molecule has 1 unspecified atom stereocenters. The lowest BCUT2D eigenvalue weighted by molar-refractivity contribution is -0.153. The van der Waals surface area contributed by atoms with E-state index in [9.17, 15) is 4.79 Å². The molecule has 25 heavy (non-hydrogen) atoms. The molecule has 1 fully saturated rings. The summed E-state index contributed by atoms with van der Waals surface area (Å²) in [5.74, 6) is 0.691. The number of amides is 1. The first-order chi connectivity index (χ1) is 12.2. The summed E-state index contributed by atoms with van der Waals surface area (Å²) in [6.45, 7) is 0.976. The van der Waals surface area contributed by atoms with Crippen molar-refractivity contribution < 1.29 is 9.53 Å². The number of hydrogen-bond donors (Lipinski definition) is 0. The van der Waals surface area contributed by atoms with Gasteiger partial charge in [0.05, 0.1) is 6.54 Å². The quantitative estimate of drug-likeness (QED) is 0.734. The number of carbonyl (C=O) groups is 1. The smallest absolute Gasteiger partial charge is 0.259 e. The summed E-state index contributed by atoms with van der Waals surface area (Å²) in [5, 5.41) is 8.37. The Labute approximate surface area is 146 Å². The maximum Gasteiger partial charge on any atom is 0.259 e. The summed E-state index contributed by atoms with van der Waals surface area (Å²) >= 11 is 0. The van der Waals surface area contributed by atoms with E-state index >= 15 is 0 Å². The van der Waals surface area contributed by atoms with Gasteiger partial charge in [-0.1, -0.05) is 36.4 Å². The summed E-state index contributed by atoms with van der Waals surface area (Å²) in [6.07, 6.45) is 3.48. The Balaban J connectivity index is 1.62. The maximum absolute atomic E-state index is 13.3. The zero-order valence-corrected chi connectivity index (χ0v) is 14.1. The predicted octanol–water partition coefficient (Wildman–Crippen LogP) is 2.39. The Kier molecular flexibility index (Phi) is 3.97. The van der Waals surface area contributed by atoms with Gasteiger partial charge in [-0.15, -0.1) is 10.2 Å². The highest BCUT2D eigenvalue weighted by atomic mass is 16.5. The molecule has 0 bridgehead atoms. The highest BCUT2D eigenvalue weighted by Crippen LogP contribution is 2.37. The first kappa shape index (κ1) is 15.8. The van der Waals surface area contributed by atoms with E-state index in [0.717, 1.165) is 23.5 Å². The average molecular weight is 336 g/mol. The van der Waals surface area contributed by atoms with Crippen molar-refractivity contribution in [1.29, 1.82) is 0 Å². The van der Waals surface area contributed by atoms with Crippen LogP contribution in [-0.2, 0) is 21.7 Å². The van der Waals surface area contributed by atoms with Crippen LogP contribution in [-0.4, -0.2) is 39.1 Å². The first-order valence-corrected chi connectivity index (χ1v) is 8.44. The molecule has 6 heteroatoms. The first-order valence-electron chi connectivity index (χ1n) is 8.44. The van der Waals surface area contributed by atoms with Gasteiger partial charge in [-0.2, -0.15) is 0 Å². The van der Waals surface area contributed by atoms with Gasteiger partial charge < -0.3 is 9.64 Å². The van der Waals surface area contributed by atoms with Gasteiger partial charge >= 0.3 is 0 Å². The van der Waals surface area contributed by atoms with E-state index in [-0.39, 0.29) is 5.91 Å². The van der Waals surface area contributed by atoms with Gasteiger partial charge in [0.1, 0.15) is 0 Å². The fraction of sp³-hybridized carbons (Fsp3) is 0.316. The Morgan fingerprint density at radius 3 is 2.76 bits per heavy atom. The molecule has 0 radical (unpaired) electrons. The minimum absolute atomic E-state index is 0.0381. The van der Waals surface area contributed by atoms with E-state index in [1.807, 2.05) is 59.1 Å². The van der Waals surface area contributed by atoms with E-state index in [0.29, 0.717) is 19.6 Å². The second-order valence-corrected chi connectivity index (χ2v) is 6.35. The number of hydrogen-bond acceptors (Lipinski definition) is 4. The fourth-order valence-electron chi connectivity index (χ4n) is 3.46. The van der Waals surface area contributed by atoms with Crippen LogP contribution in [0.25, 0.3) is 5.65 Å². The van der Waals surface area contributed by atoms with Gasteiger partial charge in [0.25, 0.3) is 5.91 Å². The van der Waals surface area contributed by atoms with Crippen molar-refractivity contribution in [2.45, 2.75) is 25.0 Å². The summed E-state index contributed by atoms with van der Waals surface area (Å²) in [5.41, 5.74) is 0.792. The molecule has 1 aliphatic rings. The third-order valence-corrected chi connectivity index (χ3v) is 4.72. The summed E-state index contributed by atoms with van der Waals surface area (Å²) in [4.78, 5) is 15.0. The second kappa shape index (κ2) is 6.29. The Morgan fingerprint density at radius 2 is 2.00 bits per heavy atom. The molecule has 128 valence electrons. The van der Waals surface area contributed by atoms with E-state index < -0.39 is 5.60 Å². The minimum Gasteiger partial charge on any atom is -0.360 e. The van der Waals surface area contributed by atoms with Crippen LogP contribution in [0.4, 0.5) is 0 Å². The van der Waals surface area contributed by atoms with Crippen LogP contribution < -0.4 is 0 Å². The van der Waals surface area contributed by atoms with Crippen molar-refractivity contribution >= 4 is 11.6 Å². The van der Waals surface area contributed by atoms with E-state index in [2.05, 4.69) is 10.2 Å². The van der Waals surface area contributed by atoms with Gasteiger partial charge in [-0.05, 0) is 30.5 Å². The molecule has 1 aliphatic heterocycles. The summed E-state index contributed by atoms with van der Waals surface area (Å²) in [6, 6.07) is 15.5. The molecular weight excluding hydrogens is 316 g/mol. The van der Waals surface area contributed by atoms with Crippen molar-refractivity contribution in [3.05, 3.63) is 66.1 Å². The second-order valence-electron chi connectivity index (χ2n) is 6.35. The molecule has 3 heterocycles. The topological polar surface area (TPSA) is 59.7 Å². The predicted molar refractivity (Wildman–Crippen MR) is 92.8 cm³/mol. The fourth-order valence-corrected chi connectivity index (χ4v) is 3.46. The number of pyridine rings is 1. The molecule has 1 amide bonds. The Bertz CT molecular complexity index is 885. The van der Waals surface area contributed by atoms with Gasteiger partial charge in [-0.3, -0.25) is 9.20 Å². The number of ether oxygens (including phenoxy) is 1. The zero-order valence-electron chi connectivity index (χ0n) is 14.1. The van der Waals surface area contributed by atoms with E-state index in [4.69, 9.17) is 4.74 Å². The Hall–Kier alpha value is -2.73. The van der Waals surface area contributed by atoms with Crippen molar-refractivity contribution in [3.8, 4) is 0 Å². The number of benzene rings is 1. The third kappa shape index (κ3) is 2.68. The SMILES string of the molecule is CN(Cc1nnc2ccccn12)C(=O)C1(c2ccccc2)CCCO1. The van der Waals surface area contributed by atoms with Gasteiger partial charge in [0.15, 0.2) is 17.1 Å². The van der Waals surface area contributed by atoms with E-state index in [1.54, 1.807) is 11.9 Å². The normalized spacial score (nSPS) is 20.0. The van der Waals surface area contributed by atoms with Crippen LogP contribution in [0.2, 0.25) is 0 Å². The molecule has 6 nitrogen and oxygen atoms in total. The number of aromatic nitrogens is 3. The molecule has 2 aromatic heterocycles. The number of nitrogens with zero attached hydrogens (tertiary/aromatic N) is 4.